The van der Waals surface area contributed by atoms with Gasteiger partial charge in [-0.1, -0.05) is 47.4 Å². The van der Waals surface area contributed by atoms with Crippen LogP contribution in [-0.2, 0) is 11.3 Å². The molecule has 8 heteroatoms. The molecule has 0 atom stereocenters. The van der Waals surface area contributed by atoms with Crippen LogP contribution in [0.1, 0.15) is 5.56 Å². The molecule has 0 fully saturated rings. The number of rotatable bonds is 6. The van der Waals surface area contributed by atoms with Crippen molar-refractivity contribution in [3.05, 3.63) is 54.1 Å². The number of hydrogen-bond donors (Lipinski definition) is 1. The van der Waals surface area contributed by atoms with Crippen molar-refractivity contribution in [3.63, 3.8) is 0 Å². The van der Waals surface area contributed by atoms with Gasteiger partial charge in [0.05, 0.1) is 23.1 Å². The standard InChI is InChI=1S/C18H16N4O2S2/c1-24-13-8-6-12(7-9-13)10-19-16(23)11-25-17-20-21-18-22(17)14-4-2-3-5-15(14)26-18/h2-9H,10-11H2,1H3,(H,19,23). The third-order valence-corrected chi connectivity index (χ3v) is 5.83. The van der Waals surface area contributed by atoms with Gasteiger partial charge in [0.15, 0.2) is 5.16 Å². The van der Waals surface area contributed by atoms with E-state index in [4.69, 9.17) is 4.74 Å². The number of nitrogens with one attached hydrogen (secondary N) is 1. The van der Waals surface area contributed by atoms with Gasteiger partial charge >= 0.3 is 0 Å². The zero-order valence-electron chi connectivity index (χ0n) is 14.0. The topological polar surface area (TPSA) is 68.5 Å². The number of thioether (sulfide) groups is 1. The van der Waals surface area contributed by atoms with Crippen molar-refractivity contribution < 1.29 is 9.53 Å². The van der Waals surface area contributed by atoms with E-state index in [1.54, 1.807) is 18.4 Å². The molecule has 2 heterocycles. The lowest BCUT2D eigenvalue weighted by molar-refractivity contribution is -0.118. The minimum absolute atomic E-state index is 0.0397. The van der Waals surface area contributed by atoms with Crippen molar-refractivity contribution >= 4 is 44.2 Å². The number of thiazole rings is 1. The maximum absolute atomic E-state index is 12.2. The maximum Gasteiger partial charge on any atom is 0.230 e. The molecular weight excluding hydrogens is 368 g/mol. The molecule has 0 unspecified atom stereocenters. The monoisotopic (exact) mass is 384 g/mol. The lowest BCUT2D eigenvalue weighted by Crippen LogP contribution is -2.24. The van der Waals surface area contributed by atoms with E-state index in [-0.39, 0.29) is 5.91 Å². The van der Waals surface area contributed by atoms with E-state index in [1.807, 2.05) is 46.9 Å². The number of fused-ring (bicyclic) bond motifs is 3. The first-order valence-corrected chi connectivity index (χ1v) is 9.80. The van der Waals surface area contributed by atoms with Gasteiger partial charge < -0.3 is 10.1 Å². The number of ether oxygens (including phenoxy) is 1. The Morgan fingerprint density at radius 1 is 1.19 bits per heavy atom. The first-order chi connectivity index (χ1) is 12.7. The average molecular weight is 384 g/mol. The minimum atomic E-state index is -0.0397. The van der Waals surface area contributed by atoms with Gasteiger partial charge in [-0.3, -0.25) is 9.20 Å². The lowest BCUT2D eigenvalue weighted by Gasteiger charge is -2.06. The van der Waals surface area contributed by atoms with Crippen molar-refractivity contribution in [1.29, 1.82) is 0 Å². The molecule has 2 aromatic heterocycles. The van der Waals surface area contributed by atoms with Crippen LogP contribution >= 0.6 is 23.1 Å². The van der Waals surface area contributed by atoms with Crippen LogP contribution < -0.4 is 10.1 Å². The average Bonchev–Trinajstić information content (AvgIpc) is 3.24. The molecule has 0 radical (unpaired) electrons. The van der Waals surface area contributed by atoms with Crippen LogP contribution in [-0.4, -0.2) is 33.4 Å². The second-order valence-corrected chi connectivity index (χ2v) is 7.54. The summed E-state index contributed by atoms with van der Waals surface area (Å²) in [5.41, 5.74) is 2.09. The Morgan fingerprint density at radius 2 is 2.00 bits per heavy atom. The summed E-state index contributed by atoms with van der Waals surface area (Å²) in [7, 11) is 1.63. The molecule has 4 aromatic rings. The van der Waals surface area contributed by atoms with Crippen LogP contribution in [0.5, 0.6) is 5.75 Å². The van der Waals surface area contributed by atoms with E-state index in [1.165, 1.54) is 11.8 Å². The minimum Gasteiger partial charge on any atom is -0.497 e. The zero-order chi connectivity index (χ0) is 17.9. The summed E-state index contributed by atoms with van der Waals surface area (Å²) in [4.78, 5) is 13.0. The third-order valence-electron chi connectivity index (χ3n) is 3.89. The first kappa shape index (κ1) is 16.9. The number of aromatic nitrogens is 3. The largest absolute Gasteiger partial charge is 0.497 e. The Bertz CT molecular complexity index is 1060. The highest BCUT2D eigenvalue weighted by Crippen LogP contribution is 2.29. The van der Waals surface area contributed by atoms with Gasteiger partial charge in [-0.2, -0.15) is 0 Å². The van der Waals surface area contributed by atoms with Crippen LogP contribution in [0.4, 0.5) is 0 Å². The predicted octanol–water partition coefficient (Wildman–Crippen LogP) is 3.36. The quantitative estimate of drug-likeness (QED) is 0.516. The van der Waals surface area contributed by atoms with E-state index in [9.17, 15) is 4.79 Å². The number of nitrogens with zero attached hydrogens (tertiary/aromatic N) is 3. The summed E-state index contributed by atoms with van der Waals surface area (Å²) in [5, 5.41) is 12.1. The van der Waals surface area contributed by atoms with Crippen molar-refractivity contribution in [2.45, 2.75) is 11.7 Å². The highest BCUT2D eigenvalue weighted by Gasteiger charge is 2.13. The van der Waals surface area contributed by atoms with E-state index < -0.39 is 0 Å². The van der Waals surface area contributed by atoms with Gasteiger partial charge in [-0.25, -0.2) is 0 Å². The molecule has 0 bridgehead atoms. The highest BCUT2D eigenvalue weighted by molar-refractivity contribution is 7.99. The summed E-state index contributed by atoms with van der Waals surface area (Å²) in [6.45, 7) is 0.486. The van der Waals surface area contributed by atoms with Gasteiger partial charge in [-0.15, -0.1) is 10.2 Å². The van der Waals surface area contributed by atoms with Gasteiger partial charge in [0.1, 0.15) is 5.75 Å². The second kappa shape index (κ2) is 7.35. The molecule has 2 aromatic carbocycles. The molecule has 0 spiro atoms. The maximum atomic E-state index is 12.2. The zero-order valence-corrected chi connectivity index (χ0v) is 15.6. The van der Waals surface area contributed by atoms with Crippen molar-refractivity contribution in [2.75, 3.05) is 12.9 Å². The molecule has 26 heavy (non-hydrogen) atoms. The number of methoxy groups -OCH3 is 1. The fourth-order valence-electron chi connectivity index (χ4n) is 2.57. The van der Waals surface area contributed by atoms with E-state index in [2.05, 4.69) is 21.6 Å². The Hall–Kier alpha value is -2.58. The number of amides is 1. The summed E-state index contributed by atoms with van der Waals surface area (Å²) < 4.78 is 8.29. The number of hydrogen-bond acceptors (Lipinski definition) is 6. The van der Waals surface area contributed by atoms with E-state index >= 15 is 0 Å². The van der Waals surface area contributed by atoms with Gasteiger partial charge in [0.25, 0.3) is 0 Å². The summed E-state index contributed by atoms with van der Waals surface area (Å²) in [6, 6.07) is 15.7. The molecule has 0 saturated heterocycles. The number of carbonyl (C=O) groups excluding carboxylic acids is 1. The molecule has 0 aliphatic carbocycles. The Kier molecular flexibility index (Phi) is 4.77. The molecule has 0 saturated carbocycles. The summed E-state index contributed by atoms with van der Waals surface area (Å²) in [6.07, 6.45) is 0. The SMILES string of the molecule is COc1ccc(CNC(=O)CSc2nnc3sc4ccccc4n23)cc1. The normalized spacial score (nSPS) is 11.1. The Balaban J connectivity index is 1.39. The Morgan fingerprint density at radius 3 is 2.81 bits per heavy atom. The molecule has 132 valence electrons. The molecule has 1 N–H and O–H groups in total. The van der Waals surface area contributed by atoms with Crippen molar-refractivity contribution in [3.8, 4) is 5.75 Å². The second-order valence-electron chi connectivity index (χ2n) is 5.58. The fraction of sp³-hybridized carbons (Fsp3) is 0.167. The molecule has 4 rings (SSSR count). The molecule has 0 aliphatic rings. The van der Waals surface area contributed by atoms with Crippen LogP contribution in [0.25, 0.3) is 15.2 Å². The number of para-hydroxylation sites is 1. The summed E-state index contributed by atoms with van der Waals surface area (Å²) >= 11 is 2.98. The van der Waals surface area contributed by atoms with E-state index in [0.29, 0.717) is 12.3 Å². The van der Waals surface area contributed by atoms with Crippen molar-refractivity contribution in [1.82, 2.24) is 19.9 Å². The van der Waals surface area contributed by atoms with Gasteiger partial charge in [0.2, 0.25) is 10.9 Å². The van der Waals surface area contributed by atoms with Gasteiger partial charge in [-0.05, 0) is 29.8 Å². The number of carbonyl (C=O) groups is 1. The first-order valence-electron chi connectivity index (χ1n) is 7.99. The molecule has 1 amide bonds. The van der Waals surface area contributed by atoms with Crippen molar-refractivity contribution in [2.24, 2.45) is 0 Å². The van der Waals surface area contributed by atoms with Crippen LogP contribution in [0, 0.1) is 0 Å². The molecule has 0 aliphatic heterocycles. The lowest BCUT2D eigenvalue weighted by atomic mass is 10.2. The number of benzene rings is 2. The predicted molar refractivity (Wildman–Crippen MR) is 104 cm³/mol. The summed E-state index contributed by atoms with van der Waals surface area (Å²) in [5.74, 6) is 1.05. The molecular formula is C18H16N4O2S2. The van der Waals surface area contributed by atoms with Crippen LogP contribution in [0.2, 0.25) is 0 Å². The van der Waals surface area contributed by atoms with Gasteiger partial charge in [0, 0.05) is 6.54 Å². The van der Waals surface area contributed by atoms with E-state index in [0.717, 1.165) is 31.6 Å². The fourth-order valence-corrected chi connectivity index (χ4v) is 4.37. The highest BCUT2D eigenvalue weighted by atomic mass is 32.2. The van der Waals surface area contributed by atoms with Crippen LogP contribution in [0.3, 0.4) is 0 Å². The Labute approximate surface area is 158 Å². The third kappa shape index (κ3) is 3.38. The smallest absolute Gasteiger partial charge is 0.230 e. The molecule has 6 nitrogen and oxygen atoms in total. The van der Waals surface area contributed by atoms with Crippen LogP contribution in [0.15, 0.2) is 53.7 Å².